The van der Waals surface area contributed by atoms with Crippen molar-refractivity contribution in [2.75, 3.05) is 0 Å². The molecule has 1 rings (SSSR count). The topological polar surface area (TPSA) is 0 Å². The highest BCUT2D eigenvalue weighted by Gasteiger charge is 2.19. The fraction of sp³-hybridized carbons (Fsp3) is 0.867. The van der Waals surface area contributed by atoms with Crippen molar-refractivity contribution in [2.45, 2.75) is 70.6 Å². The predicted octanol–water partition coefficient (Wildman–Crippen LogP) is 5.19. The Labute approximate surface area is 96.8 Å². The lowest BCUT2D eigenvalue weighted by Gasteiger charge is -2.27. The van der Waals surface area contributed by atoms with Crippen LogP contribution < -0.4 is 0 Å². The summed E-state index contributed by atoms with van der Waals surface area (Å²) < 4.78 is 0. The van der Waals surface area contributed by atoms with Gasteiger partial charge in [0.2, 0.25) is 0 Å². The van der Waals surface area contributed by atoms with Gasteiger partial charge >= 0.3 is 0 Å². The molecule has 0 bridgehead atoms. The van der Waals surface area contributed by atoms with E-state index in [0.29, 0.717) is 0 Å². The van der Waals surface area contributed by atoms with Gasteiger partial charge in [0, 0.05) is 0 Å². The summed E-state index contributed by atoms with van der Waals surface area (Å²) in [5.41, 5.74) is 0. The summed E-state index contributed by atoms with van der Waals surface area (Å²) in [6, 6.07) is 0. The molecule has 0 heterocycles. The zero-order valence-corrected chi connectivity index (χ0v) is 10.3. The molecule has 2 radical (unpaired) electrons. The third kappa shape index (κ3) is 5.58. The second-order valence-electron chi connectivity index (χ2n) is 5.21. The molecule has 1 aliphatic rings. The summed E-state index contributed by atoms with van der Waals surface area (Å²) >= 11 is 0. The zero-order chi connectivity index (χ0) is 10.9. The van der Waals surface area contributed by atoms with Crippen LogP contribution in [0.5, 0.6) is 0 Å². The van der Waals surface area contributed by atoms with Crippen LogP contribution in [0.2, 0.25) is 0 Å². The highest BCUT2D eigenvalue weighted by atomic mass is 14.2. The van der Waals surface area contributed by atoms with E-state index in [1.54, 1.807) is 0 Å². The lowest BCUT2D eigenvalue weighted by Crippen LogP contribution is -2.15. The van der Waals surface area contributed by atoms with E-state index in [0.717, 1.165) is 18.3 Å². The van der Waals surface area contributed by atoms with Crippen molar-refractivity contribution < 1.29 is 0 Å². The molecule has 1 unspecified atom stereocenters. The van der Waals surface area contributed by atoms with Crippen molar-refractivity contribution in [3.8, 4) is 0 Å². The Morgan fingerprint density at radius 2 is 1.60 bits per heavy atom. The highest BCUT2D eigenvalue weighted by molar-refractivity contribution is 4.75. The summed E-state index contributed by atoms with van der Waals surface area (Å²) in [4.78, 5) is 0. The van der Waals surface area contributed by atoms with Crippen LogP contribution in [0.15, 0.2) is 0 Å². The minimum atomic E-state index is 0.741. The Morgan fingerprint density at radius 3 is 2.27 bits per heavy atom. The molecular weight excluding hydrogens is 180 g/mol. The lowest BCUT2D eigenvalue weighted by molar-refractivity contribution is 0.268. The van der Waals surface area contributed by atoms with Gasteiger partial charge in [0.05, 0.1) is 0 Å². The largest absolute Gasteiger partial charge is 0.0533 e. The first-order chi connectivity index (χ1) is 7.34. The summed E-state index contributed by atoms with van der Waals surface area (Å²) in [7, 11) is 0. The quantitative estimate of drug-likeness (QED) is 0.505. The molecule has 1 aliphatic carbocycles. The molecule has 0 aliphatic heterocycles. The molecule has 88 valence electrons. The van der Waals surface area contributed by atoms with Crippen molar-refractivity contribution in [3.63, 3.8) is 0 Å². The SMILES string of the molecule is [CH2]CCCCCCC([CH2])C1CCCCC1. The van der Waals surface area contributed by atoms with E-state index in [1.807, 2.05) is 0 Å². The van der Waals surface area contributed by atoms with E-state index in [9.17, 15) is 0 Å². The molecule has 0 amide bonds. The Hall–Kier alpha value is 0. The molecule has 1 atom stereocenters. The Bertz CT molecular complexity index is 133. The van der Waals surface area contributed by atoms with Crippen LogP contribution in [0, 0.1) is 25.7 Å². The van der Waals surface area contributed by atoms with Crippen molar-refractivity contribution in [2.24, 2.45) is 11.8 Å². The first-order valence-corrected chi connectivity index (χ1v) is 6.97. The second kappa shape index (κ2) is 8.19. The minimum absolute atomic E-state index is 0.741. The minimum Gasteiger partial charge on any atom is -0.0533 e. The second-order valence-corrected chi connectivity index (χ2v) is 5.21. The van der Waals surface area contributed by atoms with Crippen LogP contribution in [0.1, 0.15) is 70.6 Å². The summed E-state index contributed by atoms with van der Waals surface area (Å²) in [6.45, 7) is 8.25. The third-order valence-corrected chi connectivity index (χ3v) is 3.89. The van der Waals surface area contributed by atoms with Crippen LogP contribution in [-0.2, 0) is 0 Å². The monoisotopic (exact) mass is 208 g/mol. The van der Waals surface area contributed by atoms with Gasteiger partial charge in [0.25, 0.3) is 0 Å². The van der Waals surface area contributed by atoms with E-state index in [1.165, 1.54) is 64.2 Å². The van der Waals surface area contributed by atoms with Gasteiger partial charge in [0.1, 0.15) is 0 Å². The van der Waals surface area contributed by atoms with E-state index in [4.69, 9.17) is 0 Å². The van der Waals surface area contributed by atoms with Crippen molar-refractivity contribution >= 4 is 0 Å². The van der Waals surface area contributed by atoms with Gasteiger partial charge in [-0.3, -0.25) is 0 Å². The molecule has 1 saturated carbocycles. The standard InChI is InChI=1S/C15H28/c1-3-4-5-6-8-11-14(2)15-12-9-7-10-13-15/h14-15H,1-13H2. The summed E-state index contributed by atoms with van der Waals surface area (Å²) in [6.07, 6.45) is 15.2. The van der Waals surface area contributed by atoms with E-state index < -0.39 is 0 Å². The van der Waals surface area contributed by atoms with Crippen molar-refractivity contribution in [1.82, 2.24) is 0 Å². The van der Waals surface area contributed by atoms with Crippen molar-refractivity contribution in [3.05, 3.63) is 13.8 Å². The molecule has 0 aromatic rings. The molecule has 0 N–H and O–H groups in total. The van der Waals surface area contributed by atoms with Crippen molar-refractivity contribution in [1.29, 1.82) is 0 Å². The average molecular weight is 208 g/mol. The number of hydrogen-bond acceptors (Lipinski definition) is 0. The fourth-order valence-electron chi connectivity index (χ4n) is 2.78. The lowest BCUT2D eigenvalue weighted by atomic mass is 9.79. The maximum atomic E-state index is 4.37. The van der Waals surface area contributed by atoms with Crippen LogP contribution in [0.4, 0.5) is 0 Å². The zero-order valence-electron chi connectivity index (χ0n) is 10.3. The predicted molar refractivity (Wildman–Crippen MR) is 68.5 cm³/mol. The maximum Gasteiger partial charge on any atom is -0.0386 e. The summed E-state index contributed by atoms with van der Waals surface area (Å²) in [5.74, 6) is 1.69. The van der Waals surface area contributed by atoms with E-state index in [-0.39, 0.29) is 0 Å². The average Bonchev–Trinajstić information content (AvgIpc) is 2.30. The molecule has 0 aromatic carbocycles. The van der Waals surface area contributed by atoms with Gasteiger partial charge in [-0.25, -0.2) is 0 Å². The Morgan fingerprint density at radius 1 is 0.933 bits per heavy atom. The van der Waals surface area contributed by atoms with Crippen LogP contribution in [0.3, 0.4) is 0 Å². The van der Waals surface area contributed by atoms with Crippen LogP contribution in [-0.4, -0.2) is 0 Å². The van der Waals surface area contributed by atoms with Gasteiger partial charge in [-0.2, -0.15) is 0 Å². The third-order valence-electron chi connectivity index (χ3n) is 3.89. The Balaban J connectivity index is 1.99. The maximum absolute atomic E-state index is 4.37. The van der Waals surface area contributed by atoms with Gasteiger partial charge in [0.15, 0.2) is 0 Å². The molecule has 0 saturated heterocycles. The normalized spacial score (nSPS) is 20.4. The molecular formula is C15H28. The first-order valence-electron chi connectivity index (χ1n) is 6.97. The molecule has 0 nitrogen and oxygen atoms in total. The number of unbranched alkanes of at least 4 members (excludes halogenated alkanes) is 4. The van der Waals surface area contributed by atoms with Gasteiger partial charge in [-0.1, -0.05) is 77.6 Å². The molecule has 0 spiro atoms. The first kappa shape index (κ1) is 13.1. The van der Waals surface area contributed by atoms with Crippen LogP contribution >= 0.6 is 0 Å². The number of rotatable bonds is 7. The molecule has 1 fully saturated rings. The highest BCUT2D eigenvalue weighted by Crippen LogP contribution is 2.32. The van der Waals surface area contributed by atoms with Crippen LogP contribution in [0.25, 0.3) is 0 Å². The Kier molecular flexibility index (Phi) is 7.13. The van der Waals surface area contributed by atoms with E-state index in [2.05, 4.69) is 13.8 Å². The van der Waals surface area contributed by atoms with E-state index >= 15 is 0 Å². The smallest absolute Gasteiger partial charge is 0.0386 e. The number of hydrogen-bond donors (Lipinski definition) is 0. The van der Waals surface area contributed by atoms with Gasteiger partial charge in [-0.15, -0.1) is 0 Å². The molecule has 15 heavy (non-hydrogen) atoms. The summed E-state index contributed by atoms with van der Waals surface area (Å²) in [5, 5.41) is 0. The molecule has 0 heteroatoms. The molecule has 0 aromatic heterocycles. The fourth-order valence-corrected chi connectivity index (χ4v) is 2.78. The van der Waals surface area contributed by atoms with Gasteiger partial charge < -0.3 is 0 Å². The van der Waals surface area contributed by atoms with Gasteiger partial charge in [-0.05, 0) is 18.8 Å².